The first-order chi connectivity index (χ1) is 10.0. The Bertz CT molecular complexity index is 567. The molecule has 21 heavy (non-hydrogen) atoms. The van der Waals surface area contributed by atoms with Gasteiger partial charge in [-0.15, -0.1) is 0 Å². The Hall–Kier alpha value is -0.620. The highest BCUT2D eigenvalue weighted by molar-refractivity contribution is 7.89. The zero-order chi connectivity index (χ0) is 15.3. The largest absolute Gasteiger partial charge is 0.326 e. The Kier molecular flexibility index (Phi) is 6.05. The number of rotatable bonds is 4. The number of hydrogen-bond donors (Lipinski definition) is 2. The predicted octanol–water partition coefficient (Wildman–Crippen LogP) is 3.19. The van der Waals surface area contributed by atoms with Crippen molar-refractivity contribution >= 4 is 21.6 Å². The normalized spacial score (nSPS) is 18.2. The van der Waals surface area contributed by atoms with E-state index < -0.39 is 10.0 Å². The van der Waals surface area contributed by atoms with E-state index in [0.717, 1.165) is 25.7 Å². The zero-order valence-corrected chi connectivity index (χ0v) is 13.7. The van der Waals surface area contributed by atoms with Gasteiger partial charge in [-0.2, -0.15) is 0 Å². The fraction of sp³-hybridized carbons (Fsp3) is 0.600. The van der Waals surface area contributed by atoms with Gasteiger partial charge in [0.1, 0.15) is 0 Å². The SMILES string of the molecule is NCc1cc(S(=O)(=O)NC2CCCCCCC2)ccc1Cl. The predicted molar refractivity (Wildman–Crippen MR) is 85.8 cm³/mol. The smallest absolute Gasteiger partial charge is 0.240 e. The molecule has 6 heteroatoms. The third-order valence-electron chi connectivity index (χ3n) is 3.97. The molecule has 0 unspecified atom stereocenters. The molecule has 1 aromatic rings. The molecule has 1 aliphatic rings. The highest BCUT2D eigenvalue weighted by Gasteiger charge is 2.21. The fourth-order valence-electron chi connectivity index (χ4n) is 2.74. The molecule has 1 aromatic carbocycles. The molecule has 1 saturated carbocycles. The molecule has 0 amide bonds. The second kappa shape index (κ2) is 7.58. The van der Waals surface area contributed by atoms with Crippen LogP contribution in [0.2, 0.25) is 5.02 Å². The van der Waals surface area contributed by atoms with Crippen LogP contribution in [0.5, 0.6) is 0 Å². The first-order valence-corrected chi connectivity index (χ1v) is 9.40. The number of hydrogen-bond acceptors (Lipinski definition) is 3. The number of benzene rings is 1. The summed E-state index contributed by atoms with van der Waals surface area (Å²) >= 11 is 5.98. The first-order valence-electron chi connectivity index (χ1n) is 7.54. The van der Waals surface area contributed by atoms with Gasteiger partial charge in [0.25, 0.3) is 0 Å². The van der Waals surface area contributed by atoms with Gasteiger partial charge in [-0.25, -0.2) is 13.1 Å². The minimum atomic E-state index is -3.50. The molecule has 0 spiro atoms. The molecule has 1 fully saturated rings. The minimum absolute atomic E-state index is 0.0345. The van der Waals surface area contributed by atoms with Crippen LogP contribution in [-0.4, -0.2) is 14.5 Å². The van der Waals surface area contributed by atoms with Crippen LogP contribution in [0.4, 0.5) is 0 Å². The van der Waals surface area contributed by atoms with E-state index in [0.29, 0.717) is 10.6 Å². The summed E-state index contributed by atoms with van der Waals surface area (Å²) in [6.07, 6.45) is 7.64. The van der Waals surface area contributed by atoms with Crippen molar-refractivity contribution in [3.63, 3.8) is 0 Å². The van der Waals surface area contributed by atoms with Gasteiger partial charge >= 0.3 is 0 Å². The minimum Gasteiger partial charge on any atom is -0.326 e. The van der Waals surface area contributed by atoms with Crippen molar-refractivity contribution in [2.45, 2.75) is 62.4 Å². The molecule has 0 aliphatic heterocycles. The monoisotopic (exact) mass is 330 g/mol. The van der Waals surface area contributed by atoms with Gasteiger partial charge < -0.3 is 5.73 Å². The van der Waals surface area contributed by atoms with Crippen LogP contribution in [0.1, 0.15) is 50.5 Å². The summed E-state index contributed by atoms with van der Waals surface area (Å²) in [5, 5.41) is 0.502. The van der Waals surface area contributed by atoms with Gasteiger partial charge in [0.05, 0.1) is 4.90 Å². The Morgan fingerprint density at radius 2 is 1.76 bits per heavy atom. The van der Waals surface area contributed by atoms with Crippen LogP contribution < -0.4 is 10.5 Å². The molecule has 0 radical (unpaired) electrons. The van der Waals surface area contributed by atoms with E-state index in [9.17, 15) is 8.42 Å². The number of halogens is 1. The summed E-state index contributed by atoms with van der Waals surface area (Å²) in [7, 11) is -3.50. The fourth-order valence-corrected chi connectivity index (χ4v) is 4.29. The van der Waals surface area contributed by atoms with Crippen LogP contribution in [-0.2, 0) is 16.6 Å². The lowest BCUT2D eigenvalue weighted by molar-refractivity contribution is 0.426. The quantitative estimate of drug-likeness (QED) is 0.890. The van der Waals surface area contributed by atoms with E-state index in [1.165, 1.54) is 25.3 Å². The number of nitrogens with one attached hydrogen (secondary N) is 1. The van der Waals surface area contributed by atoms with Gasteiger partial charge in [0.2, 0.25) is 10.0 Å². The summed E-state index contributed by atoms with van der Waals surface area (Å²) in [4.78, 5) is 0.245. The molecule has 0 heterocycles. The summed E-state index contributed by atoms with van der Waals surface area (Å²) in [6, 6.07) is 4.73. The molecule has 118 valence electrons. The first kappa shape index (κ1) is 16.7. The van der Waals surface area contributed by atoms with Gasteiger partial charge in [-0.1, -0.05) is 43.7 Å². The summed E-state index contributed by atoms with van der Waals surface area (Å²) in [6.45, 7) is 0.228. The third-order valence-corrected chi connectivity index (χ3v) is 5.86. The van der Waals surface area contributed by atoms with E-state index in [1.54, 1.807) is 12.1 Å². The summed E-state index contributed by atoms with van der Waals surface area (Å²) < 4.78 is 27.8. The molecule has 0 aromatic heterocycles. The maximum atomic E-state index is 12.5. The zero-order valence-electron chi connectivity index (χ0n) is 12.1. The Labute approximate surface area is 132 Å². The number of nitrogens with two attached hydrogens (primary N) is 1. The van der Waals surface area contributed by atoms with Crippen LogP contribution in [0, 0.1) is 0 Å². The number of sulfonamides is 1. The van der Waals surface area contributed by atoms with Crippen molar-refractivity contribution in [3.8, 4) is 0 Å². The lowest BCUT2D eigenvalue weighted by Gasteiger charge is -2.21. The van der Waals surface area contributed by atoms with Gasteiger partial charge in [0, 0.05) is 17.6 Å². The Balaban J connectivity index is 2.13. The lowest BCUT2D eigenvalue weighted by Crippen LogP contribution is -2.35. The van der Waals surface area contributed by atoms with Crippen molar-refractivity contribution in [3.05, 3.63) is 28.8 Å². The average Bonchev–Trinajstić information content (AvgIpc) is 2.42. The topological polar surface area (TPSA) is 72.2 Å². The highest BCUT2D eigenvalue weighted by Crippen LogP contribution is 2.22. The molecule has 3 N–H and O–H groups in total. The van der Waals surface area contributed by atoms with Crippen LogP contribution in [0.3, 0.4) is 0 Å². The third kappa shape index (κ3) is 4.68. The molecule has 0 saturated heterocycles. The van der Waals surface area contributed by atoms with Crippen molar-refractivity contribution in [1.29, 1.82) is 0 Å². The van der Waals surface area contributed by atoms with E-state index in [1.807, 2.05) is 0 Å². The van der Waals surface area contributed by atoms with E-state index >= 15 is 0 Å². The van der Waals surface area contributed by atoms with Gasteiger partial charge in [0.15, 0.2) is 0 Å². The summed E-state index contributed by atoms with van der Waals surface area (Å²) in [5.74, 6) is 0. The van der Waals surface area contributed by atoms with Crippen LogP contribution >= 0.6 is 11.6 Å². The standard InChI is InChI=1S/C15H23ClN2O2S/c16-15-9-8-14(10-12(15)11-17)21(19,20)18-13-6-4-2-1-3-5-7-13/h8-10,13,18H,1-7,11,17H2. The Morgan fingerprint density at radius 3 is 2.38 bits per heavy atom. The van der Waals surface area contributed by atoms with Gasteiger partial charge in [-0.3, -0.25) is 0 Å². The van der Waals surface area contributed by atoms with Crippen molar-refractivity contribution in [2.24, 2.45) is 5.73 Å². The molecule has 0 bridgehead atoms. The van der Waals surface area contributed by atoms with E-state index in [4.69, 9.17) is 17.3 Å². The summed E-state index contributed by atoms with van der Waals surface area (Å²) in [5.41, 5.74) is 6.24. The van der Waals surface area contributed by atoms with Crippen LogP contribution in [0.25, 0.3) is 0 Å². The molecular formula is C15H23ClN2O2S. The molecule has 1 aliphatic carbocycles. The van der Waals surface area contributed by atoms with Crippen molar-refractivity contribution in [1.82, 2.24) is 4.72 Å². The maximum absolute atomic E-state index is 12.5. The lowest BCUT2D eigenvalue weighted by atomic mass is 9.97. The maximum Gasteiger partial charge on any atom is 0.240 e. The van der Waals surface area contributed by atoms with E-state index in [-0.39, 0.29) is 17.5 Å². The molecule has 2 rings (SSSR count). The molecule has 4 nitrogen and oxygen atoms in total. The second-order valence-corrected chi connectivity index (χ2v) is 7.74. The highest BCUT2D eigenvalue weighted by atomic mass is 35.5. The molecule has 0 atom stereocenters. The van der Waals surface area contributed by atoms with Crippen molar-refractivity contribution in [2.75, 3.05) is 0 Å². The van der Waals surface area contributed by atoms with Crippen LogP contribution in [0.15, 0.2) is 23.1 Å². The molecular weight excluding hydrogens is 308 g/mol. The second-order valence-electron chi connectivity index (χ2n) is 5.62. The average molecular weight is 331 g/mol. The Morgan fingerprint density at radius 1 is 1.14 bits per heavy atom. The van der Waals surface area contributed by atoms with Gasteiger partial charge in [-0.05, 0) is 36.6 Å². The van der Waals surface area contributed by atoms with E-state index in [2.05, 4.69) is 4.72 Å². The van der Waals surface area contributed by atoms with Crippen molar-refractivity contribution < 1.29 is 8.42 Å².